The molecule has 9 nitrogen and oxygen atoms in total. The summed E-state index contributed by atoms with van der Waals surface area (Å²) >= 11 is 0. The number of nitrogens with two attached hydrogens (primary N) is 1. The second kappa shape index (κ2) is 11.2. The Morgan fingerprint density at radius 2 is 1.74 bits per heavy atom. The molecule has 1 unspecified atom stereocenters. The fraction of sp³-hybridized carbons (Fsp3) is 0.185. The predicted molar refractivity (Wildman–Crippen MR) is 135 cm³/mol. The SMILES string of the molecule is CCOC(C(=O)NCc1ccc(C(=N)N)cc1NCc1ccccc1F)N1C(=O)c2cccc(F)c2C1=O. The van der Waals surface area contributed by atoms with Crippen LogP contribution in [0.5, 0.6) is 0 Å². The van der Waals surface area contributed by atoms with Gasteiger partial charge in [0.15, 0.2) is 0 Å². The summed E-state index contributed by atoms with van der Waals surface area (Å²) in [5.41, 5.74) is 6.92. The minimum Gasteiger partial charge on any atom is -0.384 e. The number of nitrogens with one attached hydrogen (secondary N) is 3. The van der Waals surface area contributed by atoms with E-state index in [0.29, 0.717) is 27.3 Å². The molecule has 0 radical (unpaired) electrons. The average Bonchev–Trinajstić information content (AvgIpc) is 3.15. The summed E-state index contributed by atoms with van der Waals surface area (Å²) < 4.78 is 33.8. The van der Waals surface area contributed by atoms with Gasteiger partial charge in [-0.1, -0.05) is 36.4 Å². The lowest BCUT2D eigenvalue weighted by Gasteiger charge is -2.25. The molecule has 1 aliphatic heterocycles. The molecule has 11 heteroatoms. The van der Waals surface area contributed by atoms with E-state index >= 15 is 0 Å². The number of rotatable bonds is 10. The van der Waals surface area contributed by atoms with Crippen LogP contribution in [0.15, 0.2) is 60.7 Å². The standard InChI is InChI=1S/C27H25F2N5O4/c1-2-38-27(34-25(36)18-7-5-9-20(29)22(18)26(34)37)24(35)33-14-17-11-10-15(23(30)31)12-21(17)32-13-16-6-3-4-8-19(16)28/h3-12,27,32H,2,13-14H2,1H3,(H3,30,31)(H,33,35). The van der Waals surface area contributed by atoms with Crippen LogP contribution in [0.3, 0.4) is 0 Å². The molecular formula is C27H25F2N5O4. The van der Waals surface area contributed by atoms with Gasteiger partial charge in [0.2, 0.25) is 6.23 Å². The van der Waals surface area contributed by atoms with Crippen LogP contribution >= 0.6 is 0 Å². The zero-order valence-corrected chi connectivity index (χ0v) is 20.4. The molecule has 1 heterocycles. The smallest absolute Gasteiger partial charge is 0.271 e. The van der Waals surface area contributed by atoms with Crippen molar-refractivity contribution in [3.8, 4) is 0 Å². The van der Waals surface area contributed by atoms with Crippen molar-refractivity contribution >= 4 is 29.2 Å². The molecule has 0 aliphatic carbocycles. The van der Waals surface area contributed by atoms with Gasteiger partial charge in [0, 0.05) is 36.5 Å². The van der Waals surface area contributed by atoms with Crippen molar-refractivity contribution in [1.29, 1.82) is 5.41 Å². The molecule has 0 fully saturated rings. The summed E-state index contributed by atoms with van der Waals surface area (Å²) in [7, 11) is 0. The van der Waals surface area contributed by atoms with Gasteiger partial charge in [-0.05, 0) is 36.8 Å². The van der Waals surface area contributed by atoms with Gasteiger partial charge in [-0.3, -0.25) is 19.8 Å². The van der Waals surface area contributed by atoms with Crippen molar-refractivity contribution in [1.82, 2.24) is 10.2 Å². The first-order valence-corrected chi connectivity index (χ1v) is 11.7. The van der Waals surface area contributed by atoms with Crippen molar-refractivity contribution in [2.75, 3.05) is 11.9 Å². The van der Waals surface area contributed by atoms with Crippen LogP contribution in [0.25, 0.3) is 0 Å². The number of hydrogen-bond donors (Lipinski definition) is 4. The number of ether oxygens (including phenoxy) is 1. The van der Waals surface area contributed by atoms with Crippen molar-refractivity contribution in [3.05, 3.63) is 100 Å². The maximum Gasteiger partial charge on any atom is 0.271 e. The van der Waals surface area contributed by atoms with E-state index in [0.717, 1.165) is 6.07 Å². The van der Waals surface area contributed by atoms with Crippen LogP contribution in [0.2, 0.25) is 0 Å². The summed E-state index contributed by atoms with van der Waals surface area (Å²) in [5, 5.41) is 13.5. The number of nitrogen functional groups attached to an aromatic ring is 1. The fourth-order valence-electron chi connectivity index (χ4n) is 4.07. The molecular weight excluding hydrogens is 496 g/mol. The molecule has 4 rings (SSSR count). The molecule has 196 valence electrons. The van der Waals surface area contributed by atoms with E-state index in [1.165, 1.54) is 18.2 Å². The Kier molecular flexibility index (Phi) is 7.77. The first-order valence-electron chi connectivity index (χ1n) is 11.7. The highest BCUT2D eigenvalue weighted by molar-refractivity contribution is 6.22. The summed E-state index contributed by atoms with van der Waals surface area (Å²) in [6.07, 6.45) is -1.63. The van der Waals surface area contributed by atoms with Crippen molar-refractivity contribution < 1.29 is 27.9 Å². The third-order valence-corrected chi connectivity index (χ3v) is 5.98. The number of hydrogen-bond acceptors (Lipinski definition) is 6. The highest BCUT2D eigenvalue weighted by Gasteiger charge is 2.44. The molecule has 0 aromatic heterocycles. The Morgan fingerprint density at radius 1 is 1.00 bits per heavy atom. The first kappa shape index (κ1) is 26.4. The number of benzene rings is 3. The zero-order valence-electron chi connectivity index (χ0n) is 20.4. The molecule has 0 saturated carbocycles. The Hall–Kier alpha value is -4.64. The summed E-state index contributed by atoms with van der Waals surface area (Å²) in [6, 6.07) is 14.7. The molecule has 0 saturated heterocycles. The first-order chi connectivity index (χ1) is 18.2. The molecule has 0 bridgehead atoms. The van der Waals surface area contributed by atoms with Crippen LogP contribution in [-0.2, 0) is 22.6 Å². The van der Waals surface area contributed by atoms with Gasteiger partial charge in [-0.25, -0.2) is 13.7 Å². The predicted octanol–water partition coefficient (Wildman–Crippen LogP) is 3.14. The number of nitrogens with zero attached hydrogens (tertiary/aromatic N) is 1. The number of carbonyl (C=O) groups excluding carboxylic acids is 3. The summed E-state index contributed by atoms with van der Waals surface area (Å²) in [5.74, 6) is -4.03. The Bertz CT molecular complexity index is 1430. The monoisotopic (exact) mass is 521 g/mol. The maximum absolute atomic E-state index is 14.3. The van der Waals surface area contributed by atoms with Crippen LogP contribution in [0.4, 0.5) is 14.5 Å². The van der Waals surface area contributed by atoms with E-state index in [4.69, 9.17) is 15.9 Å². The number of carbonyl (C=O) groups is 3. The Morgan fingerprint density at radius 3 is 2.42 bits per heavy atom. The molecule has 5 N–H and O–H groups in total. The number of amides is 3. The van der Waals surface area contributed by atoms with E-state index < -0.39 is 41.1 Å². The Labute approximate surface area is 217 Å². The lowest BCUT2D eigenvalue weighted by Crippen LogP contribution is -2.51. The van der Waals surface area contributed by atoms with Crippen LogP contribution in [0.1, 0.15) is 44.3 Å². The number of imide groups is 1. The van der Waals surface area contributed by atoms with E-state index in [-0.39, 0.29) is 31.1 Å². The normalized spacial score (nSPS) is 13.3. The Balaban J connectivity index is 1.54. The molecule has 0 spiro atoms. The molecule has 1 atom stereocenters. The van der Waals surface area contributed by atoms with Crippen LogP contribution in [-0.4, -0.2) is 41.3 Å². The second-order valence-corrected chi connectivity index (χ2v) is 8.40. The van der Waals surface area contributed by atoms with Crippen molar-refractivity contribution in [3.63, 3.8) is 0 Å². The summed E-state index contributed by atoms with van der Waals surface area (Å²) in [4.78, 5) is 39.5. The molecule has 3 aromatic carbocycles. The topological polar surface area (TPSA) is 138 Å². The quantitative estimate of drug-likeness (QED) is 0.184. The fourth-order valence-corrected chi connectivity index (χ4v) is 4.07. The van der Waals surface area contributed by atoms with Gasteiger partial charge in [0.05, 0.1) is 11.1 Å². The third-order valence-electron chi connectivity index (χ3n) is 5.98. The van der Waals surface area contributed by atoms with Gasteiger partial charge in [-0.2, -0.15) is 0 Å². The molecule has 3 aromatic rings. The third kappa shape index (κ3) is 5.23. The second-order valence-electron chi connectivity index (χ2n) is 8.40. The lowest BCUT2D eigenvalue weighted by atomic mass is 10.1. The van der Waals surface area contributed by atoms with E-state index in [1.807, 2.05) is 0 Å². The number of halogens is 2. The molecule has 38 heavy (non-hydrogen) atoms. The minimum absolute atomic E-state index is 0.00325. The van der Waals surface area contributed by atoms with Crippen molar-refractivity contribution in [2.24, 2.45) is 5.73 Å². The van der Waals surface area contributed by atoms with E-state index in [9.17, 15) is 23.2 Å². The zero-order chi connectivity index (χ0) is 27.4. The number of amidine groups is 1. The average molecular weight is 522 g/mol. The highest BCUT2D eigenvalue weighted by Crippen LogP contribution is 2.27. The van der Waals surface area contributed by atoms with Gasteiger partial charge >= 0.3 is 0 Å². The largest absolute Gasteiger partial charge is 0.384 e. The van der Waals surface area contributed by atoms with E-state index in [1.54, 1.807) is 43.3 Å². The maximum atomic E-state index is 14.3. The van der Waals surface area contributed by atoms with E-state index in [2.05, 4.69) is 10.6 Å². The lowest BCUT2D eigenvalue weighted by molar-refractivity contribution is -0.140. The minimum atomic E-state index is -1.63. The van der Waals surface area contributed by atoms with Crippen molar-refractivity contribution in [2.45, 2.75) is 26.2 Å². The van der Waals surface area contributed by atoms with Gasteiger partial charge in [-0.15, -0.1) is 0 Å². The number of anilines is 1. The highest BCUT2D eigenvalue weighted by atomic mass is 19.1. The molecule has 1 aliphatic rings. The summed E-state index contributed by atoms with van der Waals surface area (Å²) in [6.45, 7) is 1.63. The van der Waals surface area contributed by atoms with Gasteiger partial charge < -0.3 is 21.1 Å². The van der Waals surface area contributed by atoms with Gasteiger partial charge in [0.25, 0.3) is 17.7 Å². The molecule has 3 amide bonds. The van der Waals surface area contributed by atoms with Crippen LogP contribution < -0.4 is 16.4 Å². The number of fused-ring (bicyclic) bond motifs is 1. The van der Waals surface area contributed by atoms with Crippen LogP contribution in [0, 0.1) is 17.0 Å². The van der Waals surface area contributed by atoms with Gasteiger partial charge in [0.1, 0.15) is 17.5 Å².